The zero-order valence-corrected chi connectivity index (χ0v) is 13.9. The van der Waals surface area contributed by atoms with E-state index in [0.29, 0.717) is 30.4 Å². The van der Waals surface area contributed by atoms with Crippen LogP contribution >= 0.6 is 0 Å². The number of aromatic nitrogens is 1. The van der Waals surface area contributed by atoms with E-state index < -0.39 is 5.91 Å². The highest BCUT2D eigenvalue weighted by Crippen LogP contribution is 2.18. The van der Waals surface area contributed by atoms with Crippen LogP contribution in [0.2, 0.25) is 0 Å². The third kappa shape index (κ3) is 4.94. The summed E-state index contributed by atoms with van der Waals surface area (Å²) in [5, 5.41) is 6.13. The van der Waals surface area contributed by atoms with Gasteiger partial charge in [0.25, 0.3) is 5.91 Å². The number of nitrogens with one attached hydrogen (secondary N) is 2. The minimum absolute atomic E-state index is 0.0360. The van der Waals surface area contributed by atoms with E-state index in [0.717, 1.165) is 24.1 Å². The van der Waals surface area contributed by atoms with Crippen LogP contribution in [0.25, 0.3) is 0 Å². The quantitative estimate of drug-likeness (QED) is 0.748. The Bertz CT molecular complexity index is 580. The average molecular weight is 318 g/mol. The molecule has 2 amide bonds. The van der Waals surface area contributed by atoms with Crippen LogP contribution in [0.4, 0.5) is 5.82 Å². The van der Waals surface area contributed by atoms with E-state index >= 15 is 0 Å². The molecule has 0 radical (unpaired) electrons. The number of hydrogen-bond donors (Lipinski definition) is 3. The summed E-state index contributed by atoms with van der Waals surface area (Å²) in [4.78, 5) is 27.8. The molecule has 1 heterocycles. The first-order valence-electron chi connectivity index (χ1n) is 8.28. The molecule has 6 nitrogen and oxygen atoms in total. The number of primary amides is 1. The first kappa shape index (κ1) is 17.2. The third-order valence-corrected chi connectivity index (χ3v) is 4.35. The maximum absolute atomic E-state index is 12.0. The molecule has 0 saturated heterocycles. The van der Waals surface area contributed by atoms with Gasteiger partial charge in [0.1, 0.15) is 5.82 Å². The van der Waals surface area contributed by atoms with Crippen molar-refractivity contribution >= 4 is 17.6 Å². The number of carbonyl (C=O) groups is 2. The third-order valence-electron chi connectivity index (χ3n) is 4.35. The first-order valence-corrected chi connectivity index (χ1v) is 8.28. The van der Waals surface area contributed by atoms with Gasteiger partial charge >= 0.3 is 0 Å². The summed E-state index contributed by atoms with van der Waals surface area (Å²) in [6, 6.07) is 2.05. The SMILES string of the molecule is Cc1cc(C(N)=O)c(NCCC(=O)NC2CCCCC2)nc1C. The van der Waals surface area contributed by atoms with Gasteiger partial charge in [-0.15, -0.1) is 0 Å². The second-order valence-corrected chi connectivity index (χ2v) is 6.23. The van der Waals surface area contributed by atoms with E-state index in [1.807, 2.05) is 13.8 Å². The highest BCUT2D eigenvalue weighted by Gasteiger charge is 2.16. The topological polar surface area (TPSA) is 97.1 Å². The molecular formula is C17H26N4O2. The molecule has 126 valence electrons. The van der Waals surface area contributed by atoms with Crippen LogP contribution in [0.3, 0.4) is 0 Å². The molecule has 23 heavy (non-hydrogen) atoms. The summed E-state index contributed by atoms with van der Waals surface area (Å²) in [6.07, 6.45) is 6.15. The summed E-state index contributed by atoms with van der Waals surface area (Å²) in [5.74, 6) is -0.0327. The molecule has 1 fully saturated rings. The standard InChI is InChI=1S/C17H26N4O2/c1-11-10-14(16(18)23)17(20-12(11)2)19-9-8-15(22)21-13-6-4-3-5-7-13/h10,13H,3-9H2,1-2H3,(H2,18,23)(H,19,20)(H,21,22). The van der Waals surface area contributed by atoms with Crippen LogP contribution in [0.1, 0.15) is 60.1 Å². The maximum Gasteiger partial charge on any atom is 0.252 e. The van der Waals surface area contributed by atoms with Crippen LogP contribution in [0.15, 0.2) is 6.07 Å². The molecule has 0 aliphatic heterocycles. The molecule has 1 saturated carbocycles. The van der Waals surface area contributed by atoms with Crippen molar-refractivity contribution in [2.45, 2.75) is 58.4 Å². The van der Waals surface area contributed by atoms with E-state index in [4.69, 9.17) is 5.73 Å². The van der Waals surface area contributed by atoms with Crippen LogP contribution in [-0.2, 0) is 4.79 Å². The number of nitrogens with two attached hydrogens (primary N) is 1. The lowest BCUT2D eigenvalue weighted by molar-refractivity contribution is -0.121. The number of pyridine rings is 1. The van der Waals surface area contributed by atoms with E-state index in [1.54, 1.807) is 6.07 Å². The van der Waals surface area contributed by atoms with Gasteiger partial charge in [-0.25, -0.2) is 4.98 Å². The predicted molar refractivity (Wildman–Crippen MR) is 90.4 cm³/mol. The average Bonchev–Trinajstić information content (AvgIpc) is 2.51. The van der Waals surface area contributed by atoms with Crippen molar-refractivity contribution < 1.29 is 9.59 Å². The van der Waals surface area contributed by atoms with Gasteiger partial charge in [-0.2, -0.15) is 0 Å². The molecule has 4 N–H and O–H groups in total. The summed E-state index contributed by atoms with van der Waals surface area (Å²) in [6.45, 7) is 4.19. The number of anilines is 1. The van der Waals surface area contributed by atoms with Crippen molar-refractivity contribution in [3.63, 3.8) is 0 Å². The lowest BCUT2D eigenvalue weighted by Gasteiger charge is -2.22. The van der Waals surface area contributed by atoms with E-state index in [1.165, 1.54) is 19.3 Å². The van der Waals surface area contributed by atoms with Crippen molar-refractivity contribution in [2.24, 2.45) is 5.73 Å². The fraction of sp³-hybridized carbons (Fsp3) is 0.588. The molecule has 0 aromatic carbocycles. The highest BCUT2D eigenvalue weighted by molar-refractivity contribution is 5.97. The van der Waals surface area contributed by atoms with Crippen molar-refractivity contribution in [1.29, 1.82) is 0 Å². The molecule has 0 unspecified atom stereocenters. The van der Waals surface area contributed by atoms with Gasteiger partial charge in [-0.1, -0.05) is 19.3 Å². The molecule has 0 bridgehead atoms. The largest absolute Gasteiger partial charge is 0.369 e. The number of carbonyl (C=O) groups excluding carboxylic acids is 2. The second kappa shape index (κ2) is 7.94. The lowest BCUT2D eigenvalue weighted by atomic mass is 9.95. The molecule has 0 spiro atoms. The molecule has 1 aromatic rings. The van der Waals surface area contributed by atoms with Crippen LogP contribution in [-0.4, -0.2) is 29.4 Å². The van der Waals surface area contributed by atoms with Crippen LogP contribution in [0, 0.1) is 13.8 Å². The Morgan fingerprint density at radius 3 is 2.61 bits per heavy atom. The van der Waals surface area contributed by atoms with Crippen LogP contribution < -0.4 is 16.4 Å². The van der Waals surface area contributed by atoms with Gasteiger partial charge in [0.05, 0.1) is 5.56 Å². The summed E-state index contributed by atoms with van der Waals surface area (Å²) >= 11 is 0. The van der Waals surface area contributed by atoms with Gasteiger partial charge in [-0.3, -0.25) is 9.59 Å². The summed E-state index contributed by atoms with van der Waals surface area (Å²) < 4.78 is 0. The number of hydrogen-bond acceptors (Lipinski definition) is 4. The van der Waals surface area contributed by atoms with Crippen LogP contribution in [0.5, 0.6) is 0 Å². The normalized spacial score (nSPS) is 15.2. The first-order chi connectivity index (χ1) is 11.0. The summed E-state index contributed by atoms with van der Waals surface area (Å²) in [7, 11) is 0. The fourth-order valence-electron chi connectivity index (χ4n) is 2.87. The zero-order valence-electron chi connectivity index (χ0n) is 13.9. The second-order valence-electron chi connectivity index (χ2n) is 6.23. The molecule has 0 atom stereocenters. The zero-order chi connectivity index (χ0) is 16.8. The van der Waals surface area contributed by atoms with E-state index in [2.05, 4.69) is 15.6 Å². The molecule has 1 aliphatic rings. The van der Waals surface area contributed by atoms with E-state index in [-0.39, 0.29) is 5.91 Å². The Hall–Kier alpha value is -2.11. The van der Waals surface area contributed by atoms with Gasteiger partial charge in [0, 0.05) is 24.7 Å². The lowest BCUT2D eigenvalue weighted by Crippen LogP contribution is -2.36. The molecule has 1 aromatic heterocycles. The Balaban J connectivity index is 1.87. The van der Waals surface area contributed by atoms with Gasteiger partial charge < -0.3 is 16.4 Å². The monoisotopic (exact) mass is 318 g/mol. The molecule has 6 heteroatoms. The molecule has 2 rings (SSSR count). The molecule has 1 aliphatic carbocycles. The minimum atomic E-state index is -0.519. The van der Waals surface area contributed by atoms with Crippen molar-refractivity contribution in [2.75, 3.05) is 11.9 Å². The fourth-order valence-corrected chi connectivity index (χ4v) is 2.87. The van der Waals surface area contributed by atoms with E-state index in [9.17, 15) is 9.59 Å². The Morgan fingerprint density at radius 2 is 1.96 bits per heavy atom. The Kier molecular flexibility index (Phi) is 5.96. The number of aryl methyl sites for hydroxylation is 2. The smallest absolute Gasteiger partial charge is 0.252 e. The Morgan fingerprint density at radius 1 is 1.26 bits per heavy atom. The number of amides is 2. The number of nitrogens with zero attached hydrogens (tertiary/aromatic N) is 1. The van der Waals surface area contributed by atoms with Gasteiger partial charge in [0.2, 0.25) is 5.91 Å². The van der Waals surface area contributed by atoms with Crippen molar-refractivity contribution in [1.82, 2.24) is 10.3 Å². The highest BCUT2D eigenvalue weighted by atomic mass is 16.2. The van der Waals surface area contributed by atoms with Crippen molar-refractivity contribution in [3.8, 4) is 0 Å². The Labute approximate surface area is 137 Å². The van der Waals surface area contributed by atoms with Gasteiger partial charge in [0.15, 0.2) is 0 Å². The number of rotatable bonds is 6. The molecular weight excluding hydrogens is 292 g/mol. The minimum Gasteiger partial charge on any atom is -0.369 e. The predicted octanol–water partition coefficient (Wildman–Crippen LogP) is 2.05. The van der Waals surface area contributed by atoms with Gasteiger partial charge in [-0.05, 0) is 38.3 Å². The summed E-state index contributed by atoms with van der Waals surface area (Å²) in [5.41, 5.74) is 7.51. The maximum atomic E-state index is 12.0. The van der Waals surface area contributed by atoms with Crippen molar-refractivity contribution in [3.05, 3.63) is 22.9 Å².